The number of aromatic nitrogens is 4. The second-order valence-electron chi connectivity index (χ2n) is 6.46. The van der Waals surface area contributed by atoms with Crippen LogP contribution in [0.4, 0.5) is 5.69 Å². The highest BCUT2D eigenvalue weighted by atomic mass is 79.9. The van der Waals surface area contributed by atoms with Gasteiger partial charge in [0.1, 0.15) is 17.1 Å². The Morgan fingerprint density at radius 3 is 2.76 bits per heavy atom. The lowest BCUT2D eigenvalue weighted by molar-refractivity contribution is 1.10. The molecule has 0 fully saturated rings. The molecule has 0 amide bonds. The molecule has 0 unspecified atom stereocenters. The lowest BCUT2D eigenvalue weighted by atomic mass is 10.1. The summed E-state index contributed by atoms with van der Waals surface area (Å²) in [5.74, 6) is 0. The predicted octanol–water partition coefficient (Wildman–Crippen LogP) is 3.36. The Morgan fingerprint density at radius 2 is 1.97 bits per heavy atom. The van der Waals surface area contributed by atoms with E-state index in [-0.39, 0.29) is 5.56 Å². The molecule has 140 valence electrons. The summed E-state index contributed by atoms with van der Waals surface area (Å²) in [4.78, 5) is 17.8. The number of anilines is 1. The van der Waals surface area contributed by atoms with Crippen LogP contribution in [0.5, 0.6) is 0 Å². The van der Waals surface area contributed by atoms with E-state index in [1.165, 1.54) is 4.40 Å². The van der Waals surface area contributed by atoms with Gasteiger partial charge in [-0.15, -0.1) is 0 Å². The number of para-hydroxylation sites is 2. The van der Waals surface area contributed by atoms with Gasteiger partial charge in [-0.3, -0.25) is 9.20 Å². The molecule has 0 radical (unpaired) electrons. The highest BCUT2D eigenvalue weighted by molar-refractivity contribution is 9.10. The van der Waals surface area contributed by atoms with E-state index in [9.17, 15) is 10.1 Å². The van der Waals surface area contributed by atoms with E-state index >= 15 is 0 Å². The van der Waals surface area contributed by atoms with Gasteiger partial charge >= 0.3 is 0 Å². The second-order valence-corrected chi connectivity index (χ2v) is 7.85. The molecule has 0 atom stereocenters. The van der Waals surface area contributed by atoms with Crippen molar-refractivity contribution in [2.45, 2.75) is 6.92 Å². The van der Waals surface area contributed by atoms with Crippen LogP contribution in [-0.2, 0) is 0 Å². The van der Waals surface area contributed by atoms with Gasteiger partial charge in [0.2, 0.25) is 0 Å². The first kappa shape index (κ1) is 17.7. The largest absolute Gasteiger partial charge is 0.360 e. The Kier molecular flexibility index (Phi) is 4.04. The normalized spacial score (nSPS) is 12.1. The fourth-order valence-corrected chi connectivity index (χ4v) is 4.31. The van der Waals surface area contributed by atoms with Crippen molar-refractivity contribution in [1.29, 1.82) is 5.26 Å². The van der Waals surface area contributed by atoms with E-state index in [0.29, 0.717) is 33.0 Å². The lowest BCUT2D eigenvalue weighted by Crippen LogP contribution is -2.34. The minimum absolute atomic E-state index is 0.231. The molecule has 5 rings (SSSR count). The molecule has 0 aliphatic rings. The maximum Gasteiger partial charge on any atom is 0.265 e. The quantitative estimate of drug-likeness (QED) is 0.432. The molecule has 0 aliphatic carbocycles. The van der Waals surface area contributed by atoms with Gasteiger partial charge in [-0.2, -0.15) is 14.0 Å². The summed E-state index contributed by atoms with van der Waals surface area (Å²) in [6, 6.07) is 13.3. The van der Waals surface area contributed by atoms with E-state index in [4.69, 9.17) is 0 Å². The molecule has 7 nitrogen and oxygen atoms in total. The first-order valence-electron chi connectivity index (χ1n) is 8.61. The Balaban J connectivity index is 1.77. The number of hydrogen-bond donors (Lipinski definition) is 1. The molecular weight excluding hydrogens is 452 g/mol. The van der Waals surface area contributed by atoms with Gasteiger partial charge in [0.15, 0.2) is 5.65 Å². The average Bonchev–Trinajstić information content (AvgIpc) is 3.32. The molecule has 3 aromatic heterocycles. The summed E-state index contributed by atoms with van der Waals surface area (Å²) in [6.07, 6.45) is 1.62. The summed E-state index contributed by atoms with van der Waals surface area (Å²) in [7, 11) is 0. The highest BCUT2D eigenvalue weighted by Crippen LogP contribution is 2.27. The van der Waals surface area contributed by atoms with Crippen LogP contribution in [0.1, 0.15) is 11.1 Å². The first-order valence-corrected chi connectivity index (χ1v) is 10.1. The van der Waals surface area contributed by atoms with Crippen LogP contribution in [0.3, 0.4) is 0 Å². The summed E-state index contributed by atoms with van der Waals surface area (Å²) in [5.41, 5.74) is 4.78. The predicted molar refractivity (Wildman–Crippen MR) is 117 cm³/mol. The number of imidazole rings is 1. The molecule has 3 heterocycles. The number of nitrogens with one attached hydrogen (secondary N) is 1. The molecule has 0 bridgehead atoms. The SMILES string of the molecule is Cc1c(C#N)c2nc3ccccc3n2c(=O)/c1=C/Nc1cc2nsnc2cc1Br. The molecule has 0 aliphatic heterocycles. The molecular formula is C20H11BrN6OS. The van der Waals surface area contributed by atoms with Crippen LogP contribution in [0.15, 0.2) is 45.7 Å². The Bertz CT molecular complexity index is 1600. The minimum Gasteiger partial charge on any atom is -0.360 e. The van der Waals surface area contributed by atoms with Gasteiger partial charge < -0.3 is 5.32 Å². The zero-order chi connectivity index (χ0) is 20.1. The Labute approximate surface area is 176 Å². The topological polar surface area (TPSA) is 96.0 Å². The van der Waals surface area contributed by atoms with E-state index in [0.717, 1.165) is 32.9 Å². The van der Waals surface area contributed by atoms with Crippen LogP contribution >= 0.6 is 27.7 Å². The number of pyridine rings is 1. The van der Waals surface area contributed by atoms with Crippen LogP contribution in [0.2, 0.25) is 0 Å². The van der Waals surface area contributed by atoms with E-state index in [2.05, 4.69) is 41.0 Å². The number of benzene rings is 2. The van der Waals surface area contributed by atoms with Crippen molar-refractivity contribution >= 4 is 67.3 Å². The van der Waals surface area contributed by atoms with E-state index in [1.807, 2.05) is 36.4 Å². The van der Waals surface area contributed by atoms with Gasteiger partial charge in [-0.1, -0.05) is 12.1 Å². The lowest BCUT2D eigenvalue weighted by Gasteiger charge is -2.06. The molecule has 0 saturated carbocycles. The molecule has 2 aromatic carbocycles. The molecule has 1 N–H and O–H groups in total. The maximum atomic E-state index is 13.3. The first-order chi connectivity index (χ1) is 14.1. The van der Waals surface area contributed by atoms with Gasteiger partial charge in [-0.05, 0) is 52.7 Å². The van der Waals surface area contributed by atoms with Gasteiger partial charge in [-0.25, -0.2) is 4.98 Å². The summed E-state index contributed by atoms with van der Waals surface area (Å²) < 4.78 is 10.8. The Hall–Kier alpha value is -3.35. The highest BCUT2D eigenvalue weighted by Gasteiger charge is 2.16. The van der Waals surface area contributed by atoms with Gasteiger partial charge in [0, 0.05) is 10.7 Å². The third kappa shape index (κ3) is 2.68. The second kappa shape index (κ2) is 6.62. The average molecular weight is 463 g/mol. The zero-order valence-corrected chi connectivity index (χ0v) is 17.4. The molecule has 0 saturated heterocycles. The summed E-state index contributed by atoms with van der Waals surface area (Å²) >= 11 is 4.66. The van der Waals surface area contributed by atoms with Crippen LogP contribution < -0.4 is 16.1 Å². The van der Waals surface area contributed by atoms with Crippen LogP contribution in [0, 0.1) is 18.3 Å². The molecule has 29 heavy (non-hydrogen) atoms. The van der Waals surface area contributed by atoms with Crippen LogP contribution in [-0.4, -0.2) is 18.1 Å². The fourth-order valence-electron chi connectivity index (χ4n) is 3.35. The summed E-state index contributed by atoms with van der Waals surface area (Å²) in [5, 5.41) is 13.3. The van der Waals surface area contributed by atoms with Crippen molar-refractivity contribution in [3.8, 4) is 6.07 Å². The van der Waals surface area contributed by atoms with Gasteiger partial charge in [0.25, 0.3) is 5.56 Å². The number of rotatable bonds is 2. The number of nitrogens with zero attached hydrogens (tertiary/aromatic N) is 5. The standard InChI is InChI=1S/C20H11BrN6OS/c1-10-11(8-22)19-24-14-4-2-3-5-18(14)27(19)20(28)12(10)9-23-15-7-17-16(6-13(15)21)25-29-26-17/h2-7,9,23H,1H3/b12-9+. The van der Waals surface area contributed by atoms with E-state index in [1.54, 1.807) is 13.1 Å². The zero-order valence-electron chi connectivity index (χ0n) is 15.0. The van der Waals surface area contributed by atoms with Crippen molar-refractivity contribution in [3.63, 3.8) is 0 Å². The Morgan fingerprint density at radius 1 is 1.21 bits per heavy atom. The third-order valence-electron chi connectivity index (χ3n) is 4.82. The monoisotopic (exact) mass is 462 g/mol. The van der Waals surface area contributed by atoms with Gasteiger partial charge in [0.05, 0.1) is 39.2 Å². The van der Waals surface area contributed by atoms with Crippen molar-refractivity contribution in [1.82, 2.24) is 18.1 Å². The number of halogens is 1. The minimum atomic E-state index is -0.231. The number of fused-ring (bicyclic) bond motifs is 4. The van der Waals surface area contributed by atoms with E-state index < -0.39 is 0 Å². The van der Waals surface area contributed by atoms with Crippen LogP contribution in [0.25, 0.3) is 33.9 Å². The maximum absolute atomic E-state index is 13.3. The summed E-state index contributed by atoms with van der Waals surface area (Å²) in [6.45, 7) is 1.76. The van der Waals surface area contributed by atoms with Crippen molar-refractivity contribution in [2.75, 3.05) is 5.32 Å². The fraction of sp³-hybridized carbons (Fsp3) is 0.0500. The smallest absolute Gasteiger partial charge is 0.265 e. The number of nitriles is 1. The number of hydrogen-bond acceptors (Lipinski definition) is 7. The van der Waals surface area contributed by atoms with Crippen molar-refractivity contribution in [2.24, 2.45) is 0 Å². The molecule has 9 heteroatoms. The van der Waals surface area contributed by atoms with Crippen molar-refractivity contribution < 1.29 is 0 Å². The molecule has 5 aromatic rings. The molecule has 0 spiro atoms. The third-order valence-corrected chi connectivity index (χ3v) is 6.04. The van der Waals surface area contributed by atoms with Crippen molar-refractivity contribution in [3.05, 3.63) is 67.6 Å².